The van der Waals surface area contributed by atoms with E-state index in [0.29, 0.717) is 0 Å². The van der Waals surface area contributed by atoms with Crippen LogP contribution >= 0.6 is 0 Å². The van der Waals surface area contributed by atoms with Crippen molar-refractivity contribution < 1.29 is 9.59 Å². The number of para-hydroxylation sites is 2. The van der Waals surface area contributed by atoms with Gasteiger partial charge in [-0.05, 0) is 31.9 Å². The normalized spacial score (nSPS) is 23.0. The minimum absolute atomic E-state index is 0.0831. The van der Waals surface area contributed by atoms with Crippen LogP contribution in [0.1, 0.15) is 19.8 Å². The van der Waals surface area contributed by atoms with Gasteiger partial charge in [0.1, 0.15) is 6.04 Å². The Morgan fingerprint density at radius 3 is 2.76 bits per heavy atom. The van der Waals surface area contributed by atoms with Gasteiger partial charge in [-0.25, -0.2) is 0 Å². The first kappa shape index (κ1) is 10.3. The molecule has 88 valence electrons. The first-order chi connectivity index (χ1) is 8.18. The highest BCUT2D eigenvalue weighted by Crippen LogP contribution is 2.38. The Bertz CT molecular complexity index is 494. The highest BCUT2D eigenvalue weighted by molar-refractivity contribution is 6.12. The molecule has 1 aromatic rings. The maximum Gasteiger partial charge on any atom is 0.247 e. The summed E-state index contributed by atoms with van der Waals surface area (Å²) in [5, 5.41) is 2.82. The highest BCUT2D eigenvalue weighted by Gasteiger charge is 2.40. The zero-order chi connectivity index (χ0) is 12.0. The molecule has 1 fully saturated rings. The van der Waals surface area contributed by atoms with E-state index in [1.54, 1.807) is 11.8 Å². The molecule has 3 rings (SSSR count). The minimum atomic E-state index is -0.419. The second kappa shape index (κ2) is 3.58. The molecule has 0 saturated heterocycles. The zero-order valence-corrected chi connectivity index (χ0v) is 9.64. The van der Waals surface area contributed by atoms with E-state index in [0.717, 1.165) is 24.2 Å². The SMILES string of the molecule is C[C@H]1C(=O)Nc2ccccc2N1C(=O)C1CC1. The fourth-order valence-electron chi connectivity index (χ4n) is 2.19. The Labute approximate surface area is 99.6 Å². The number of carbonyl (C=O) groups excluding carboxylic acids is 2. The van der Waals surface area contributed by atoms with Crippen LogP contribution in [0.4, 0.5) is 11.4 Å². The van der Waals surface area contributed by atoms with E-state index in [1.165, 1.54) is 0 Å². The number of benzene rings is 1. The van der Waals surface area contributed by atoms with Crippen LogP contribution in [0.15, 0.2) is 24.3 Å². The van der Waals surface area contributed by atoms with Gasteiger partial charge >= 0.3 is 0 Å². The van der Waals surface area contributed by atoms with E-state index in [2.05, 4.69) is 5.32 Å². The monoisotopic (exact) mass is 230 g/mol. The second-order valence-corrected chi connectivity index (χ2v) is 4.66. The molecule has 1 heterocycles. The standard InChI is InChI=1S/C13H14N2O2/c1-8-12(16)14-10-4-2-3-5-11(10)15(8)13(17)9-6-7-9/h2-5,8-9H,6-7H2,1H3,(H,14,16)/t8-/m0/s1. The lowest BCUT2D eigenvalue weighted by atomic mass is 10.1. The van der Waals surface area contributed by atoms with Gasteiger partial charge in [-0.3, -0.25) is 14.5 Å². The Hall–Kier alpha value is -1.84. The summed E-state index contributed by atoms with van der Waals surface area (Å²) in [6, 6.07) is 7.03. The third-order valence-corrected chi connectivity index (χ3v) is 3.35. The number of carbonyl (C=O) groups is 2. The van der Waals surface area contributed by atoms with E-state index in [4.69, 9.17) is 0 Å². The van der Waals surface area contributed by atoms with Crippen molar-refractivity contribution in [3.63, 3.8) is 0 Å². The Morgan fingerprint density at radius 1 is 1.35 bits per heavy atom. The van der Waals surface area contributed by atoms with Crippen molar-refractivity contribution in [3.05, 3.63) is 24.3 Å². The second-order valence-electron chi connectivity index (χ2n) is 4.66. The van der Waals surface area contributed by atoms with Crippen LogP contribution in [-0.2, 0) is 9.59 Å². The lowest BCUT2D eigenvalue weighted by molar-refractivity contribution is -0.124. The fraction of sp³-hybridized carbons (Fsp3) is 0.385. The third-order valence-electron chi connectivity index (χ3n) is 3.35. The number of anilines is 2. The van der Waals surface area contributed by atoms with Gasteiger partial charge in [-0.2, -0.15) is 0 Å². The van der Waals surface area contributed by atoms with Gasteiger partial charge in [0.2, 0.25) is 11.8 Å². The van der Waals surface area contributed by atoms with Crippen LogP contribution in [0.2, 0.25) is 0 Å². The molecule has 4 heteroatoms. The van der Waals surface area contributed by atoms with Gasteiger partial charge in [-0.1, -0.05) is 12.1 Å². The van der Waals surface area contributed by atoms with Crippen LogP contribution in [0.25, 0.3) is 0 Å². The number of hydrogen-bond donors (Lipinski definition) is 1. The van der Waals surface area contributed by atoms with Crippen LogP contribution in [0, 0.1) is 5.92 Å². The van der Waals surface area contributed by atoms with Crippen molar-refractivity contribution in [3.8, 4) is 0 Å². The van der Waals surface area contributed by atoms with E-state index in [9.17, 15) is 9.59 Å². The van der Waals surface area contributed by atoms with E-state index in [-0.39, 0.29) is 17.7 Å². The van der Waals surface area contributed by atoms with Crippen LogP contribution in [-0.4, -0.2) is 17.9 Å². The molecule has 1 aliphatic heterocycles. The molecule has 0 aromatic heterocycles. The summed E-state index contributed by atoms with van der Waals surface area (Å²) < 4.78 is 0. The Kier molecular flexibility index (Phi) is 2.18. The first-order valence-electron chi connectivity index (χ1n) is 5.91. The molecule has 0 bridgehead atoms. The fourth-order valence-corrected chi connectivity index (χ4v) is 2.19. The lowest BCUT2D eigenvalue weighted by Gasteiger charge is -2.34. The number of fused-ring (bicyclic) bond motifs is 1. The molecule has 1 aliphatic carbocycles. The average Bonchev–Trinajstić information content (AvgIpc) is 3.14. The summed E-state index contributed by atoms with van der Waals surface area (Å²) >= 11 is 0. The molecule has 0 radical (unpaired) electrons. The van der Waals surface area contributed by atoms with Crippen molar-refractivity contribution >= 4 is 23.2 Å². The number of amides is 2. The predicted octanol–water partition coefficient (Wildman–Crippen LogP) is 1.77. The van der Waals surface area contributed by atoms with Gasteiger partial charge in [0, 0.05) is 5.92 Å². The summed E-state index contributed by atoms with van der Waals surface area (Å²) in [4.78, 5) is 25.7. The van der Waals surface area contributed by atoms with Crippen molar-refractivity contribution in [2.75, 3.05) is 10.2 Å². The van der Waals surface area contributed by atoms with Gasteiger partial charge in [0.05, 0.1) is 11.4 Å². The Balaban J connectivity index is 2.05. The third kappa shape index (κ3) is 1.60. The van der Waals surface area contributed by atoms with E-state index >= 15 is 0 Å². The van der Waals surface area contributed by atoms with Crippen LogP contribution in [0.3, 0.4) is 0 Å². The molecule has 0 unspecified atom stereocenters. The van der Waals surface area contributed by atoms with Crippen molar-refractivity contribution in [2.24, 2.45) is 5.92 Å². The van der Waals surface area contributed by atoms with Crippen molar-refractivity contribution in [1.29, 1.82) is 0 Å². The summed E-state index contributed by atoms with van der Waals surface area (Å²) in [6.07, 6.45) is 1.90. The first-order valence-corrected chi connectivity index (χ1v) is 5.91. The molecule has 1 aromatic carbocycles. The molecule has 0 spiro atoms. The van der Waals surface area contributed by atoms with Gasteiger partial charge < -0.3 is 5.32 Å². The average molecular weight is 230 g/mol. The van der Waals surface area contributed by atoms with E-state index < -0.39 is 6.04 Å². The quantitative estimate of drug-likeness (QED) is 0.799. The summed E-state index contributed by atoms with van der Waals surface area (Å²) in [5.41, 5.74) is 1.54. The maximum absolute atomic E-state index is 12.2. The lowest BCUT2D eigenvalue weighted by Crippen LogP contribution is -2.49. The van der Waals surface area contributed by atoms with Crippen LogP contribution < -0.4 is 10.2 Å². The van der Waals surface area contributed by atoms with Gasteiger partial charge in [-0.15, -0.1) is 0 Å². The smallest absolute Gasteiger partial charge is 0.247 e. The molecule has 2 amide bonds. The van der Waals surface area contributed by atoms with Gasteiger partial charge in [0.15, 0.2) is 0 Å². The molecular formula is C13H14N2O2. The molecule has 2 aliphatic rings. The van der Waals surface area contributed by atoms with Crippen molar-refractivity contribution in [2.45, 2.75) is 25.8 Å². The predicted molar refractivity (Wildman–Crippen MR) is 64.7 cm³/mol. The molecule has 1 N–H and O–H groups in total. The molecule has 4 nitrogen and oxygen atoms in total. The Morgan fingerprint density at radius 2 is 2.06 bits per heavy atom. The highest BCUT2D eigenvalue weighted by atomic mass is 16.2. The number of rotatable bonds is 1. The number of nitrogens with one attached hydrogen (secondary N) is 1. The number of nitrogens with zero attached hydrogens (tertiary/aromatic N) is 1. The summed E-state index contributed by atoms with van der Waals surface area (Å²) in [7, 11) is 0. The largest absolute Gasteiger partial charge is 0.322 e. The topological polar surface area (TPSA) is 49.4 Å². The summed E-state index contributed by atoms with van der Waals surface area (Å²) in [6.45, 7) is 1.77. The van der Waals surface area contributed by atoms with Gasteiger partial charge in [0.25, 0.3) is 0 Å². The zero-order valence-electron chi connectivity index (χ0n) is 9.64. The maximum atomic E-state index is 12.2. The van der Waals surface area contributed by atoms with E-state index in [1.807, 2.05) is 24.3 Å². The van der Waals surface area contributed by atoms with Crippen molar-refractivity contribution in [1.82, 2.24) is 0 Å². The molecule has 17 heavy (non-hydrogen) atoms. The van der Waals surface area contributed by atoms with Crippen LogP contribution in [0.5, 0.6) is 0 Å². The molecular weight excluding hydrogens is 216 g/mol. The number of hydrogen-bond acceptors (Lipinski definition) is 2. The summed E-state index contributed by atoms with van der Waals surface area (Å²) in [5.74, 6) is 0.0916. The molecule has 1 atom stereocenters. The minimum Gasteiger partial charge on any atom is -0.322 e. The molecule has 1 saturated carbocycles.